The lowest BCUT2D eigenvalue weighted by atomic mass is 9.75. The highest BCUT2D eigenvalue weighted by Crippen LogP contribution is 2.40. The van der Waals surface area contributed by atoms with Gasteiger partial charge in [-0.2, -0.15) is 0 Å². The maximum atomic E-state index is 13.3. The van der Waals surface area contributed by atoms with Gasteiger partial charge < -0.3 is 14.4 Å². The number of nitrogens with one attached hydrogen (secondary N) is 1. The van der Waals surface area contributed by atoms with Crippen molar-refractivity contribution in [2.75, 3.05) is 13.1 Å². The molecule has 0 bridgehead atoms. The van der Waals surface area contributed by atoms with Crippen LogP contribution in [0.2, 0.25) is 0 Å². The molecule has 1 N–H and O–H groups in total. The maximum absolute atomic E-state index is 13.3. The number of carbonyl (C=O) groups is 2. The van der Waals surface area contributed by atoms with E-state index in [1.54, 1.807) is 11.8 Å². The smallest absolute Gasteiger partial charge is 0.415 e. The molecule has 1 amide bonds. The molecule has 2 aromatic heterocycles. The van der Waals surface area contributed by atoms with E-state index in [2.05, 4.69) is 42.6 Å². The molecule has 4 rings (SSSR count). The Morgan fingerprint density at radius 2 is 1.73 bits per heavy atom. The van der Waals surface area contributed by atoms with Crippen molar-refractivity contribution in [1.29, 1.82) is 0 Å². The summed E-state index contributed by atoms with van der Waals surface area (Å²) < 4.78 is 13.0. The lowest BCUT2D eigenvalue weighted by molar-refractivity contribution is -0.0249. The van der Waals surface area contributed by atoms with Crippen LogP contribution in [-0.2, 0) is 4.74 Å². The first kappa shape index (κ1) is 23.1. The van der Waals surface area contributed by atoms with Crippen LogP contribution in [0.3, 0.4) is 0 Å². The quantitative estimate of drug-likeness (QED) is 0.520. The molecule has 9 heteroatoms. The van der Waals surface area contributed by atoms with E-state index < -0.39 is 12.1 Å². The zero-order valence-electron chi connectivity index (χ0n) is 20.1. The first-order valence-corrected chi connectivity index (χ1v) is 11.9. The standard InChI is InChI=1S/C24H33N5O4/c1-13-7-9-28(10-8-13)24(31)33-22-19(25-6)18(21-26-17(5)27-29(21)22)23(30)32-20-15(3)11-14(2)12-16(20)4/h13-16,20H,7-12H2,1-5H3,(H,26,27). The van der Waals surface area contributed by atoms with Gasteiger partial charge in [-0.15, -0.1) is 0 Å². The fourth-order valence-electron chi connectivity index (χ4n) is 5.42. The molecule has 2 aliphatic rings. The van der Waals surface area contributed by atoms with Gasteiger partial charge in [-0.05, 0) is 56.3 Å². The Hall–Kier alpha value is -3.02. The molecule has 0 spiro atoms. The summed E-state index contributed by atoms with van der Waals surface area (Å²) in [7, 11) is 0. The number of aromatic amines is 1. The zero-order valence-corrected chi connectivity index (χ0v) is 20.1. The number of esters is 1. The Kier molecular flexibility index (Phi) is 6.37. The number of rotatable bonds is 3. The van der Waals surface area contributed by atoms with Crippen molar-refractivity contribution in [2.24, 2.45) is 23.7 Å². The molecule has 9 nitrogen and oxygen atoms in total. The number of ether oxygens (including phenoxy) is 2. The Balaban J connectivity index is 1.64. The molecule has 1 saturated heterocycles. The third-order valence-corrected chi connectivity index (χ3v) is 7.08. The summed E-state index contributed by atoms with van der Waals surface area (Å²) in [6.45, 7) is 19.3. The Labute approximate surface area is 194 Å². The number of fused-ring (bicyclic) bond motifs is 1. The van der Waals surface area contributed by atoms with E-state index in [-0.39, 0.29) is 40.7 Å². The molecule has 0 radical (unpaired) electrons. The first-order chi connectivity index (χ1) is 15.7. The summed E-state index contributed by atoms with van der Waals surface area (Å²) in [6, 6.07) is 0. The molecule has 1 aliphatic carbocycles. The minimum absolute atomic E-state index is 0.0189. The maximum Gasteiger partial charge on any atom is 0.415 e. The average Bonchev–Trinajstić information content (AvgIpc) is 3.25. The summed E-state index contributed by atoms with van der Waals surface area (Å²) in [5.74, 6) is 1.52. The number of likely N-dealkylation sites (tertiary alicyclic amines) is 1. The molecular weight excluding hydrogens is 422 g/mol. The first-order valence-electron chi connectivity index (χ1n) is 11.9. The molecule has 2 aromatic rings. The molecule has 2 unspecified atom stereocenters. The second-order valence-corrected chi connectivity index (χ2v) is 10.0. The van der Waals surface area contributed by atoms with E-state index in [1.165, 1.54) is 4.52 Å². The number of aryl methyl sites for hydroxylation is 1. The van der Waals surface area contributed by atoms with Gasteiger partial charge >= 0.3 is 12.1 Å². The van der Waals surface area contributed by atoms with Crippen LogP contribution in [0.25, 0.3) is 10.5 Å². The SMILES string of the molecule is [C-]#[N+]c1c(C(=O)OC2C(C)CC(C)CC2C)c2nc(C)[nH]n2c1OC(=O)N1CCC(C)CC1. The highest BCUT2D eigenvalue weighted by Gasteiger charge is 2.37. The molecule has 3 heterocycles. The van der Waals surface area contributed by atoms with Gasteiger partial charge in [-0.1, -0.05) is 27.7 Å². The minimum atomic E-state index is -0.600. The summed E-state index contributed by atoms with van der Waals surface area (Å²) in [5, 5.41) is 2.98. The Bertz CT molecular complexity index is 1080. The van der Waals surface area contributed by atoms with Crippen molar-refractivity contribution < 1.29 is 19.1 Å². The second-order valence-electron chi connectivity index (χ2n) is 10.0. The fourth-order valence-corrected chi connectivity index (χ4v) is 5.42. The van der Waals surface area contributed by atoms with Gasteiger partial charge in [0.2, 0.25) is 5.88 Å². The van der Waals surface area contributed by atoms with Crippen molar-refractivity contribution in [3.05, 3.63) is 22.8 Å². The molecule has 0 aromatic carbocycles. The van der Waals surface area contributed by atoms with Crippen molar-refractivity contribution in [2.45, 2.75) is 66.4 Å². The van der Waals surface area contributed by atoms with Crippen LogP contribution in [0, 0.1) is 37.2 Å². The van der Waals surface area contributed by atoms with Crippen LogP contribution in [0.15, 0.2) is 0 Å². The monoisotopic (exact) mass is 455 g/mol. The minimum Gasteiger partial charge on any atom is -0.459 e. The van der Waals surface area contributed by atoms with E-state index in [4.69, 9.17) is 16.0 Å². The van der Waals surface area contributed by atoms with Crippen molar-refractivity contribution >= 4 is 23.4 Å². The third-order valence-electron chi connectivity index (χ3n) is 7.08. The highest BCUT2D eigenvalue weighted by molar-refractivity contribution is 6.05. The van der Waals surface area contributed by atoms with Gasteiger partial charge in [0.25, 0.3) is 5.69 Å². The fraction of sp³-hybridized carbons (Fsp3) is 0.667. The number of hydrogen-bond acceptors (Lipinski definition) is 5. The van der Waals surface area contributed by atoms with Crippen LogP contribution in [0.5, 0.6) is 5.88 Å². The van der Waals surface area contributed by atoms with Gasteiger partial charge in [-0.25, -0.2) is 23.9 Å². The molecule has 1 saturated carbocycles. The number of H-pyrrole nitrogens is 1. The second kappa shape index (κ2) is 9.08. The third kappa shape index (κ3) is 4.43. The molecule has 2 fully saturated rings. The summed E-state index contributed by atoms with van der Waals surface area (Å²) in [4.78, 5) is 35.8. The molecule has 178 valence electrons. The number of piperidine rings is 1. The lowest BCUT2D eigenvalue weighted by Gasteiger charge is -2.37. The number of carbonyl (C=O) groups excluding carboxylic acids is 2. The van der Waals surface area contributed by atoms with Crippen LogP contribution in [0.4, 0.5) is 10.5 Å². The van der Waals surface area contributed by atoms with Gasteiger partial charge in [-0.3, -0.25) is 5.10 Å². The van der Waals surface area contributed by atoms with Gasteiger partial charge in [0, 0.05) is 13.1 Å². The van der Waals surface area contributed by atoms with Crippen LogP contribution < -0.4 is 4.74 Å². The molecular formula is C24H33N5O4. The normalized spacial score (nSPS) is 26.2. The number of aromatic nitrogens is 3. The van der Waals surface area contributed by atoms with Gasteiger partial charge in [0.15, 0.2) is 5.65 Å². The van der Waals surface area contributed by atoms with E-state index >= 15 is 0 Å². The van der Waals surface area contributed by atoms with Crippen LogP contribution in [-0.4, -0.2) is 50.8 Å². The van der Waals surface area contributed by atoms with Crippen molar-refractivity contribution in [3.8, 4) is 5.88 Å². The Morgan fingerprint density at radius 1 is 1.09 bits per heavy atom. The van der Waals surface area contributed by atoms with E-state index in [0.717, 1.165) is 25.7 Å². The number of amides is 1. The predicted molar refractivity (Wildman–Crippen MR) is 122 cm³/mol. The Morgan fingerprint density at radius 3 is 2.33 bits per heavy atom. The van der Waals surface area contributed by atoms with E-state index in [1.807, 2.05) is 0 Å². The van der Waals surface area contributed by atoms with Crippen LogP contribution in [0.1, 0.15) is 69.6 Å². The largest absolute Gasteiger partial charge is 0.459 e. The van der Waals surface area contributed by atoms with E-state index in [9.17, 15) is 9.59 Å². The summed E-state index contributed by atoms with van der Waals surface area (Å²) >= 11 is 0. The van der Waals surface area contributed by atoms with Crippen molar-refractivity contribution in [3.63, 3.8) is 0 Å². The summed E-state index contributed by atoms with van der Waals surface area (Å²) in [5.41, 5.74) is 0.229. The number of hydrogen-bond donors (Lipinski definition) is 1. The lowest BCUT2D eigenvalue weighted by Crippen LogP contribution is -2.39. The average molecular weight is 456 g/mol. The topological polar surface area (TPSA) is 93.3 Å². The van der Waals surface area contributed by atoms with Crippen LogP contribution >= 0.6 is 0 Å². The van der Waals surface area contributed by atoms with Gasteiger partial charge in [0.1, 0.15) is 17.5 Å². The molecule has 1 aliphatic heterocycles. The predicted octanol–water partition coefficient (Wildman–Crippen LogP) is 4.98. The number of nitrogens with zero attached hydrogens (tertiary/aromatic N) is 4. The molecule has 33 heavy (non-hydrogen) atoms. The zero-order chi connectivity index (χ0) is 23.9. The van der Waals surface area contributed by atoms with Crippen molar-refractivity contribution in [1.82, 2.24) is 19.5 Å². The molecule has 2 atom stereocenters. The summed E-state index contributed by atoms with van der Waals surface area (Å²) in [6.07, 6.45) is 3.03. The van der Waals surface area contributed by atoms with Gasteiger partial charge in [0.05, 0.1) is 6.57 Å². The highest BCUT2D eigenvalue weighted by atomic mass is 16.6. The van der Waals surface area contributed by atoms with E-state index in [0.29, 0.717) is 30.7 Å².